The third kappa shape index (κ3) is 4.19. The van der Waals surface area contributed by atoms with Crippen molar-refractivity contribution in [3.63, 3.8) is 0 Å². The van der Waals surface area contributed by atoms with Gasteiger partial charge in [0.2, 0.25) is 0 Å². The number of aliphatic hydroxyl groups excluding tert-OH is 1. The Balaban J connectivity index is 2.79. The highest BCUT2D eigenvalue weighted by molar-refractivity contribution is 6.31. The maximum atomic E-state index is 8.98. The largest absolute Gasteiger partial charge is 0.395 e. The fraction of sp³-hybridized carbons (Fsp3) is 0.538. The Hall–Kier alpha value is -0.770. The minimum absolute atomic E-state index is 0.157. The molecule has 0 heterocycles. The number of nitrogens with zero attached hydrogens (tertiary/aromatic N) is 1. The van der Waals surface area contributed by atoms with E-state index in [4.69, 9.17) is 16.7 Å². The number of hydrogen-bond donors (Lipinski definition) is 2. The van der Waals surface area contributed by atoms with Crippen LogP contribution < -0.4 is 10.2 Å². The Bertz CT molecular complexity index is 344. The first-order valence-electron chi connectivity index (χ1n) is 6.07. The standard InChI is InChI=1S/C13H21ClN2O/c1-3-15-10-11-5-6-12(9-13(11)14)16(4-2)7-8-17/h5-6,9,15,17H,3-4,7-8,10H2,1-2H3. The highest BCUT2D eigenvalue weighted by atomic mass is 35.5. The van der Waals surface area contributed by atoms with Gasteiger partial charge in [-0.15, -0.1) is 0 Å². The summed E-state index contributed by atoms with van der Waals surface area (Å²) in [6.45, 7) is 7.53. The van der Waals surface area contributed by atoms with Gasteiger partial charge in [-0.25, -0.2) is 0 Å². The molecule has 96 valence electrons. The maximum absolute atomic E-state index is 8.98. The smallest absolute Gasteiger partial charge is 0.0606 e. The van der Waals surface area contributed by atoms with Gasteiger partial charge in [-0.1, -0.05) is 24.6 Å². The maximum Gasteiger partial charge on any atom is 0.0606 e. The molecule has 3 nitrogen and oxygen atoms in total. The van der Waals surface area contributed by atoms with E-state index in [1.807, 2.05) is 12.1 Å². The van der Waals surface area contributed by atoms with Gasteiger partial charge >= 0.3 is 0 Å². The van der Waals surface area contributed by atoms with E-state index in [-0.39, 0.29) is 6.61 Å². The highest BCUT2D eigenvalue weighted by Crippen LogP contribution is 2.23. The monoisotopic (exact) mass is 256 g/mol. The molecule has 1 aromatic carbocycles. The van der Waals surface area contributed by atoms with Crippen molar-refractivity contribution in [2.75, 3.05) is 31.1 Å². The van der Waals surface area contributed by atoms with Crippen LogP contribution in [0.4, 0.5) is 5.69 Å². The first-order chi connectivity index (χ1) is 8.22. The Morgan fingerprint density at radius 3 is 2.65 bits per heavy atom. The van der Waals surface area contributed by atoms with Gasteiger partial charge in [0.1, 0.15) is 0 Å². The zero-order valence-corrected chi connectivity index (χ0v) is 11.3. The van der Waals surface area contributed by atoms with Crippen molar-refractivity contribution >= 4 is 17.3 Å². The lowest BCUT2D eigenvalue weighted by Crippen LogP contribution is -2.26. The van der Waals surface area contributed by atoms with Gasteiger partial charge in [0, 0.05) is 30.3 Å². The molecule has 0 spiro atoms. The molecular weight excluding hydrogens is 236 g/mol. The zero-order valence-electron chi connectivity index (χ0n) is 10.5. The fourth-order valence-electron chi connectivity index (χ4n) is 1.73. The van der Waals surface area contributed by atoms with Crippen LogP contribution in [0, 0.1) is 0 Å². The van der Waals surface area contributed by atoms with Crippen LogP contribution >= 0.6 is 11.6 Å². The summed E-state index contributed by atoms with van der Waals surface area (Å²) in [4.78, 5) is 2.10. The van der Waals surface area contributed by atoms with E-state index in [1.165, 1.54) is 0 Å². The van der Waals surface area contributed by atoms with Crippen molar-refractivity contribution in [1.82, 2.24) is 5.32 Å². The molecule has 4 heteroatoms. The number of nitrogens with one attached hydrogen (secondary N) is 1. The van der Waals surface area contributed by atoms with Crippen LogP contribution in [0.2, 0.25) is 5.02 Å². The van der Waals surface area contributed by atoms with Crippen molar-refractivity contribution in [2.24, 2.45) is 0 Å². The van der Waals surface area contributed by atoms with Crippen LogP contribution in [0.25, 0.3) is 0 Å². The first kappa shape index (κ1) is 14.3. The lowest BCUT2D eigenvalue weighted by Gasteiger charge is -2.22. The Labute approximate surface area is 108 Å². The second-order valence-corrected chi connectivity index (χ2v) is 4.27. The lowest BCUT2D eigenvalue weighted by molar-refractivity contribution is 0.302. The molecule has 0 amide bonds. The van der Waals surface area contributed by atoms with Crippen molar-refractivity contribution < 1.29 is 5.11 Å². The van der Waals surface area contributed by atoms with E-state index >= 15 is 0 Å². The van der Waals surface area contributed by atoms with Gasteiger partial charge in [0.15, 0.2) is 0 Å². The van der Waals surface area contributed by atoms with Crippen LogP contribution in [0.15, 0.2) is 18.2 Å². The zero-order chi connectivity index (χ0) is 12.7. The van der Waals surface area contributed by atoms with Gasteiger partial charge < -0.3 is 15.3 Å². The summed E-state index contributed by atoms with van der Waals surface area (Å²) in [5, 5.41) is 13.0. The van der Waals surface area contributed by atoms with Crippen LogP contribution in [0.3, 0.4) is 0 Å². The van der Waals surface area contributed by atoms with Crippen LogP contribution in [0.1, 0.15) is 19.4 Å². The summed E-state index contributed by atoms with van der Waals surface area (Å²) in [6.07, 6.45) is 0. The van der Waals surface area contributed by atoms with Crippen molar-refractivity contribution in [2.45, 2.75) is 20.4 Å². The van der Waals surface area contributed by atoms with Crippen LogP contribution in [-0.2, 0) is 6.54 Å². The van der Waals surface area contributed by atoms with E-state index in [2.05, 4.69) is 30.1 Å². The van der Waals surface area contributed by atoms with Crippen molar-refractivity contribution in [1.29, 1.82) is 0 Å². The minimum atomic E-state index is 0.157. The second-order valence-electron chi connectivity index (χ2n) is 3.86. The van der Waals surface area contributed by atoms with E-state index in [1.54, 1.807) is 0 Å². The molecule has 0 unspecified atom stereocenters. The van der Waals surface area contributed by atoms with Crippen molar-refractivity contribution in [3.8, 4) is 0 Å². The average Bonchev–Trinajstić information content (AvgIpc) is 2.34. The molecule has 0 aliphatic heterocycles. The quantitative estimate of drug-likeness (QED) is 0.786. The molecule has 1 rings (SSSR count). The summed E-state index contributed by atoms with van der Waals surface area (Å²) in [5.74, 6) is 0. The van der Waals surface area contributed by atoms with Gasteiger partial charge in [0.25, 0.3) is 0 Å². The molecule has 0 aliphatic rings. The number of rotatable bonds is 7. The molecular formula is C13H21ClN2O. The molecule has 0 aliphatic carbocycles. The number of likely N-dealkylation sites (N-methyl/N-ethyl adjacent to an activating group) is 1. The fourth-order valence-corrected chi connectivity index (χ4v) is 1.97. The average molecular weight is 257 g/mol. The molecule has 1 aromatic rings. The summed E-state index contributed by atoms with van der Waals surface area (Å²) < 4.78 is 0. The molecule has 0 aromatic heterocycles. The summed E-state index contributed by atoms with van der Waals surface area (Å²) in [6, 6.07) is 6.06. The lowest BCUT2D eigenvalue weighted by atomic mass is 10.2. The van der Waals surface area contributed by atoms with E-state index in [0.717, 1.165) is 35.9 Å². The van der Waals surface area contributed by atoms with E-state index in [0.29, 0.717) is 6.54 Å². The number of hydrogen-bond acceptors (Lipinski definition) is 3. The molecule has 0 fully saturated rings. The minimum Gasteiger partial charge on any atom is -0.395 e. The van der Waals surface area contributed by atoms with Gasteiger partial charge in [0.05, 0.1) is 6.61 Å². The number of anilines is 1. The topological polar surface area (TPSA) is 35.5 Å². The van der Waals surface area contributed by atoms with Crippen LogP contribution in [-0.4, -0.2) is 31.3 Å². The molecule has 0 bridgehead atoms. The Kier molecular flexibility index (Phi) is 6.34. The molecule has 0 saturated heterocycles. The summed E-state index contributed by atoms with van der Waals surface area (Å²) in [7, 11) is 0. The van der Waals surface area contributed by atoms with Gasteiger partial charge in [-0.3, -0.25) is 0 Å². The Morgan fingerprint density at radius 1 is 1.35 bits per heavy atom. The van der Waals surface area contributed by atoms with Gasteiger partial charge in [-0.2, -0.15) is 0 Å². The molecule has 17 heavy (non-hydrogen) atoms. The molecule has 0 radical (unpaired) electrons. The predicted octanol–water partition coefficient (Wildman–Crippen LogP) is 2.27. The SMILES string of the molecule is CCNCc1ccc(N(CC)CCO)cc1Cl. The molecule has 0 saturated carbocycles. The van der Waals surface area contributed by atoms with E-state index in [9.17, 15) is 0 Å². The first-order valence-corrected chi connectivity index (χ1v) is 6.45. The molecule has 0 atom stereocenters. The Morgan fingerprint density at radius 2 is 2.12 bits per heavy atom. The van der Waals surface area contributed by atoms with Crippen molar-refractivity contribution in [3.05, 3.63) is 28.8 Å². The highest BCUT2D eigenvalue weighted by Gasteiger charge is 2.06. The number of halogens is 1. The molecule has 2 N–H and O–H groups in total. The normalized spacial score (nSPS) is 10.6. The van der Waals surface area contributed by atoms with E-state index < -0.39 is 0 Å². The number of benzene rings is 1. The third-order valence-electron chi connectivity index (χ3n) is 2.72. The van der Waals surface area contributed by atoms with Crippen LogP contribution in [0.5, 0.6) is 0 Å². The summed E-state index contributed by atoms with van der Waals surface area (Å²) >= 11 is 6.24. The number of aliphatic hydroxyl groups is 1. The summed E-state index contributed by atoms with van der Waals surface area (Å²) in [5.41, 5.74) is 2.17. The predicted molar refractivity (Wildman–Crippen MR) is 73.8 cm³/mol. The second kappa shape index (κ2) is 7.54. The third-order valence-corrected chi connectivity index (χ3v) is 3.07. The van der Waals surface area contributed by atoms with Gasteiger partial charge in [-0.05, 0) is 31.2 Å².